The summed E-state index contributed by atoms with van der Waals surface area (Å²) in [6, 6.07) is 11.8. The zero-order valence-electron chi connectivity index (χ0n) is 13.2. The van der Waals surface area contributed by atoms with E-state index in [0.29, 0.717) is 5.56 Å². The van der Waals surface area contributed by atoms with E-state index < -0.39 is 6.10 Å². The molecule has 0 aliphatic heterocycles. The van der Waals surface area contributed by atoms with Crippen LogP contribution in [0.15, 0.2) is 42.5 Å². The number of hydrogen-bond donors (Lipinski definition) is 1. The van der Waals surface area contributed by atoms with Crippen LogP contribution in [0.3, 0.4) is 0 Å². The van der Waals surface area contributed by atoms with Crippen molar-refractivity contribution in [3.63, 3.8) is 0 Å². The fourth-order valence-corrected chi connectivity index (χ4v) is 3.80. The largest absolute Gasteiger partial charge is 0.497 e. The lowest BCUT2D eigenvalue weighted by Crippen LogP contribution is -2.11. The molecule has 1 unspecified atom stereocenters. The first-order chi connectivity index (χ1) is 11.0. The lowest BCUT2D eigenvalue weighted by Gasteiger charge is -2.17. The molecule has 2 aromatic carbocycles. The van der Waals surface area contributed by atoms with Crippen molar-refractivity contribution in [2.45, 2.75) is 6.10 Å². The van der Waals surface area contributed by atoms with E-state index in [1.165, 1.54) is 12.1 Å². The number of ether oxygens (including phenoxy) is 1. The molecule has 0 aliphatic rings. The van der Waals surface area contributed by atoms with Gasteiger partial charge >= 0.3 is 0 Å². The van der Waals surface area contributed by atoms with Crippen LogP contribution in [0, 0.1) is 5.82 Å². The molecule has 120 valence electrons. The molecule has 23 heavy (non-hydrogen) atoms. The first kappa shape index (κ1) is 15.8. The van der Waals surface area contributed by atoms with Gasteiger partial charge in [0.1, 0.15) is 17.7 Å². The molecule has 3 rings (SSSR count). The summed E-state index contributed by atoms with van der Waals surface area (Å²) in [6.07, 6.45) is -0.810. The Bertz CT molecular complexity index is 827. The van der Waals surface area contributed by atoms with Gasteiger partial charge in [-0.1, -0.05) is 12.1 Å². The van der Waals surface area contributed by atoms with E-state index in [9.17, 15) is 9.50 Å². The van der Waals surface area contributed by atoms with Gasteiger partial charge in [-0.3, -0.25) is 0 Å². The van der Waals surface area contributed by atoms with Crippen molar-refractivity contribution in [2.75, 3.05) is 26.1 Å². The predicted octanol–water partition coefficient (Wildman–Crippen LogP) is 4.20. The van der Waals surface area contributed by atoms with Crippen LogP contribution in [-0.2, 0) is 0 Å². The van der Waals surface area contributed by atoms with Crippen molar-refractivity contribution in [3.8, 4) is 5.75 Å². The monoisotopic (exact) mass is 331 g/mol. The first-order valence-corrected chi connectivity index (χ1v) is 8.04. The Kier molecular flexibility index (Phi) is 4.24. The maximum atomic E-state index is 13.1. The minimum atomic E-state index is -0.810. The van der Waals surface area contributed by atoms with E-state index in [1.807, 2.05) is 37.2 Å². The Morgan fingerprint density at radius 2 is 1.83 bits per heavy atom. The van der Waals surface area contributed by atoms with Gasteiger partial charge in [0, 0.05) is 29.7 Å². The molecule has 0 bridgehead atoms. The number of nitrogens with zero attached hydrogens (tertiary/aromatic N) is 1. The second-order valence-corrected chi connectivity index (χ2v) is 6.56. The van der Waals surface area contributed by atoms with Crippen molar-refractivity contribution < 1.29 is 14.2 Å². The van der Waals surface area contributed by atoms with Crippen LogP contribution in [0.4, 0.5) is 9.39 Å². The zero-order chi connectivity index (χ0) is 16.6. The average molecular weight is 331 g/mol. The summed E-state index contributed by atoms with van der Waals surface area (Å²) >= 11 is 1.60. The summed E-state index contributed by atoms with van der Waals surface area (Å²) in [5.74, 6) is 0.473. The van der Waals surface area contributed by atoms with Crippen molar-refractivity contribution >= 4 is 26.4 Å². The third kappa shape index (κ3) is 2.90. The fraction of sp³-hybridized carbons (Fsp3) is 0.222. The number of thiophene rings is 1. The topological polar surface area (TPSA) is 32.7 Å². The van der Waals surface area contributed by atoms with Gasteiger partial charge in [0.2, 0.25) is 0 Å². The number of anilines is 1. The van der Waals surface area contributed by atoms with Gasteiger partial charge in [0.15, 0.2) is 0 Å². The quantitative estimate of drug-likeness (QED) is 0.778. The Balaban J connectivity index is 2.17. The number of aliphatic hydroxyl groups is 1. The number of halogens is 1. The van der Waals surface area contributed by atoms with Gasteiger partial charge < -0.3 is 14.7 Å². The van der Waals surface area contributed by atoms with E-state index in [2.05, 4.69) is 0 Å². The van der Waals surface area contributed by atoms with Gasteiger partial charge in [-0.25, -0.2) is 4.39 Å². The van der Waals surface area contributed by atoms with Crippen LogP contribution in [0.5, 0.6) is 5.75 Å². The average Bonchev–Trinajstić information content (AvgIpc) is 2.93. The molecule has 0 saturated heterocycles. The molecule has 1 heterocycles. The van der Waals surface area contributed by atoms with Crippen molar-refractivity contribution in [1.82, 2.24) is 0 Å². The number of aliphatic hydroxyl groups excluding tert-OH is 1. The maximum absolute atomic E-state index is 13.1. The summed E-state index contributed by atoms with van der Waals surface area (Å²) in [7, 11) is 5.53. The summed E-state index contributed by atoms with van der Waals surface area (Å²) in [6.45, 7) is 0. The Hall–Kier alpha value is -2.11. The third-order valence-corrected chi connectivity index (χ3v) is 5.12. The highest BCUT2D eigenvalue weighted by molar-refractivity contribution is 7.23. The minimum Gasteiger partial charge on any atom is -0.497 e. The standard InChI is InChI=1S/C18H18FNO2S/c1-20(2)18-16(17(21)11-4-6-12(19)7-5-11)14-9-8-13(22-3)10-15(14)23-18/h4-10,17,21H,1-3H3. The summed E-state index contributed by atoms with van der Waals surface area (Å²) in [5.41, 5.74) is 1.51. The molecule has 3 aromatic rings. The fourth-order valence-electron chi connectivity index (χ4n) is 2.62. The smallest absolute Gasteiger partial charge is 0.123 e. The molecule has 0 saturated carbocycles. The van der Waals surface area contributed by atoms with E-state index in [1.54, 1.807) is 30.6 Å². The molecular weight excluding hydrogens is 313 g/mol. The van der Waals surface area contributed by atoms with Gasteiger partial charge in [0.05, 0.1) is 12.1 Å². The van der Waals surface area contributed by atoms with Crippen molar-refractivity contribution in [1.29, 1.82) is 0 Å². The predicted molar refractivity (Wildman–Crippen MR) is 93.2 cm³/mol. The number of hydrogen-bond acceptors (Lipinski definition) is 4. The maximum Gasteiger partial charge on any atom is 0.123 e. The molecule has 0 aliphatic carbocycles. The molecule has 1 N–H and O–H groups in total. The van der Waals surface area contributed by atoms with E-state index in [-0.39, 0.29) is 5.82 Å². The van der Waals surface area contributed by atoms with Gasteiger partial charge in [-0.05, 0) is 35.9 Å². The third-order valence-electron chi connectivity index (χ3n) is 3.78. The molecule has 1 aromatic heterocycles. The van der Waals surface area contributed by atoms with Gasteiger partial charge in [-0.15, -0.1) is 11.3 Å². The normalized spacial score (nSPS) is 12.4. The Morgan fingerprint density at radius 3 is 2.43 bits per heavy atom. The highest BCUT2D eigenvalue weighted by atomic mass is 32.1. The van der Waals surface area contributed by atoms with Crippen LogP contribution in [0.1, 0.15) is 17.2 Å². The van der Waals surface area contributed by atoms with Crippen LogP contribution < -0.4 is 9.64 Å². The molecule has 0 spiro atoms. The lowest BCUT2D eigenvalue weighted by atomic mass is 10.00. The number of methoxy groups -OCH3 is 1. The molecule has 0 amide bonds. The number of fused-ring (bicyclic) bond motifs is 1. The van der Waals surface area contributed by atoms with E-state index >= 15 is 0 Å². The van der Waals surface area contributed by atoms with Crippen molar-refractivity contribution in [3.05, 3.63) is 59.4 Å². The van der Waals surface area contributed by atoms with E-state index in [0.717, 1.165) is 26.4 Å². The molecule has 3 nitrogen and oxygen atoms in total. The van der Waals surface area contributed by atoms with Crippen molar-refractivity contribution in [2.24, 2.45) is 0 Å². The Morgan fingerprint density at radius 1 is 1.13 bits per heavy atom. The van der Waals surface area contributed by atoms with Gasteiger partial charge in [-0.2, -0.15) is 0 Å². The number of rotatable bonds is 4. The molecule has 5 heteroatoms. The molecule has 0 fully saturated rings. The highest BCUT2D eigenvalue weighted by Crippen LogP contribution is 2.43. The number of benzene rings is 2. The van der Waals surface area contributed by atoms with Crippen LogP contribution in [-0.4, -0.2) is 26.3 Å². The van der Waals surface area contributed by atoms with Crippen LogP contribution >= 0.6 is 11.3 Å². The second kappa shape index (κ2) is 6.18. The highest BCUT2D eigenvalue weighted by Gasteiger charge is 2.22. The summed E-state index contributed by atoms with van der Waals surface area (Å²) in [4.78, 5) is 1.99. The van der Waals surface area contributed by atoms with Crippen LogP contribution in [0.2, 0.25) is 0 Å². The van der Waals surface area contributed by atoms with Gasteiger partial charge in [0.25, 0.3) is 0 Å². The van der Waals surface area contributed by atoms with E-state index in [4.69, 9.17) is 4.74 Å². The minimum absolute atomic E-state index is 0.311. The molecular formula is C18H18FNO2S. The Labute approximate surface area is 138 Å². The zero-order valence-corrected chi connectivity index (χ0v) is 14.0. The molecule has 0 radical (unpaired) electrons. The first-order valence-electron chi connectivity index (χ1n) is 7.22. The summed E-state index contributed by atoms with van der Waals surface area (Å²) in [5, 5.41) is 12.8. The molecule has 1 atom stereocenters. The SMILES string of the molecule is COc1ccc2c(C(O)c3ccc(F)cc3)c(N(C)C)sc2c1. The van der Waals surface area contributed by atoms with Crippen LogP contribution in [0.25, 0.3) is 10.1 Å². The lowest BCUT2D eigenvalue weighted by molar-refractivity contribution is 0.222. The second-order valence-electron chi connectivity index (χ2n) is 5.53. The summed E-state index contributed by atoms with van der Waals surface area (Å²) < 4.78 is 19.5.